The lowest BCUT2D eigenvalue weighted by Gasteiger charge is -2.27. The van der Waals surface area contributed by atoms with Crippen molar-refractivity contribution in [3.63, 3.8) is 0 Å². The number of rotatable bonds is 4. The summed E-state index contributed by atoms with van der Waals surface area (Å²) in [6.45, 7) is 0.549. The van der Waals surface area contributed by atoms with Crippen LogP contribution >= 0.6 is 0 Å². The SMILES string of the molecule is O=C1c2c(cccc2[N+](=O)[O-])CN1C(C1CC1)C1CC1. The van der Waals surface area contributed by atoms with Crippen LogP contribution < -0.4 is 0 Å². The smallest absolute Gasteiger partial charge is 0.282 e. The molecule has 0 bridgehead atoms. The Kier molecular flexibility index (Phi) is 2.40. The second-order valence-corrected chi connectivity index (χ2v) is 6.17. The van der Waals surface area contributed by atoms with Gasteiger partial charge in [-0.15, -0.1) is 0 Å². The number of hydrogen-bond donors (Lipinski definition) is 0. The normalized spacial score (nSPS) is 21.4. The van der Waals surface area contributed by atoms with Crippen molar-refractivity contribution >= 4 is 11.6 Å². The number of amides is 1. The fourth-order valence-corrected chi connectivity index (χ4v) is 3.53. The van der Waals surface area contributed by atoms with Crippen molar-refractivity contribution in [1.82, 2.24) is 4.90 Å². The molecule has 0 radical (unpaired) electrons. The van der Waals surface area contributed by atoms with Crippen LogP contribution in [0.1, 0.15) is 41.6 Å². The lowest BCUT2D eigenvalue weighted by Crippen LogP contribution is -2.38. The maximum atomic E-state index is 12.6. The van der Waals surface area contributed by atoms with Gasteiger partial charge in [0.2, 0.25) is 0 Å². The monoisotopic (exact) mass is 272 g/mol. The number of carbonyl (C=O) groups is 1. The van der Waals surface area contributed by atoms with Crippen LogP contribution in [-0.4, -0.2) is 21.8 Å². The number of carbonyl (C=O) groups excluding carboxylic acids is 1. The van der Waals surface area contributed by atoms with Gasteiger partial charge in [-0.25, -0.2) is 0 Å². The first kappa shape index (κ1) is 11.9. The molecule has 0 spiro atoms. The highest BCUT2D eigenvalue weighted by Gasteiger charge is 2.49. The predicted molar refractivity (Wildman–Crippen MR) is 72.2 cm³/mol. The van der Waals surface area contributed by atoms with E-state index in [0.717, 1.165) is 5.56 Å². The van der Waals surface area contributed by atoms with Crippen LogP contribution in [0.3, 0.4) is 0 Å². The summed E-state index contributed by atoms with van der Waals surface area (Å²) in [6, 6.07) is 5.27. The van der Waals surface area contributed by atoms with Gasteiger partial charge in [-0.05, 0) is 43.1 Å². The van der Waals surface area contributed by atoms with Gasteiger partial charge in [0.25, 0.3) is 11.6 Å². The Bertz CT molecular complexity index is 593. The van der Waals surface area contributed by atoms with E-state index in [9.17, 15) is 14.9 Å². The van der Waals surface area contributed by atoms with E-state index >= 15 is 0 Å². The van der Waals surface area contributed by atoms with Gasteiger partial charge in [-0.2, -0.15) is 0 Å². The lowest BCUT2D eigenvalue weighted by molar-refractivity contribution is -0.385. The highest BCUT2D eigenvalue weighted by Crippen LogP contribution is 2.49. The summed E-state index contributed by atoms with van der Waals surface area (Å²) in [5, 5.41) is 11.1. The van der Waals surface area contributed by atoms with E-state index in [0.29, 0.717) is 30.0 Å². The molecule has 1 aromatic rings. The molecule has 2 fully saturated rings. The molecule has 0 atom stereocenters. The summed E-state index contributed by atoms with van der Waals surface area (Å²) in [5.74, 6) is 1.12. The molecule has 1 heterocycles. The molecule has 5 nitrogen and oxygen atoms in total. The standard InChI is InChI=1S/C15H16N2O3/c18-15-13-11(2-1-3-12(13)17(19)20)8-16(15)14(9-4-5-9)10-6-7-10/h1-3,9-10,14H,4-8H2. The third-order valence-electron chi connectivity index (χ3n) is 4.71. The van der Waals surface area contributed by atoms with Crippen molar-refractivity contribution in [3.8, 4) is 0 Å². The van der Waals surface area contributed by atoms with Crippen molar-refractivity contribution in [2.45, 2.75) is 38.3 Å². The van der Waals surface area contributed by atoms with Gasteiger partial charge in [0.05, 0.1) is 4.92 Å². The number of nitro groups is 1. The number of benzene rings is 1. The minimum Gasteiger partial charge on any atom is -0.331 e. The average Bonchev–Trinajstić information content (AvgIpc) is 3.31. The second kappa shape index (κ2) is 4.04. The van der Waals surface area contributed by atoms with E-state index in [4.69, 9.17) is 0 Å². The quantitative estimate of drug-likeness (QED) is 0.625. The molecule has 0 saturated heterocycles. The number of nitrogens with zero attached hydrogens (tertiary/aromatic N) is 2. The summed E-state index contributed by atoms with van der Waals surface area (Å²) in [5.41, 5.74) is 1.10. The first-order chi connectivity index (χ1) is 9.66. The first-order valence-electron chi connectivity index (χ1n) is 7.24. The molecule has 4 rings (SSSR count). The molecule has 20 heavy (non-hydrogen) atoms. The van der Waals surface area contributed by atoms with Gasteiger partial charge in [-0.1, -0.05) is 12.1 Å². The number of fused-ring (bicyclic) bond motifs is 1. The molecule has 1 amide bonds. The van der Waals surface area contributed by atoms with E-state index in [1.807, 2.05) is 11.0 Å². The van der Waals surface area contributed by atoms with Crippen molar-refractivity contribution in [2.75, 3.05) is 0 Å². The third-order valence-corrected chi connectivity index (χ3v) is 4.71. The summed E-state index contributed by atoms with van der Waals surface area (Å²) in [4.78, 5) is 25.2. The minimum atomic E-state index is -0.441. The molecule has 104 valence electrons. The van der Waals surface area contributed by atoms with Crippen molar-refractivity contribution < 1.29 is 9.72 Å². The van der Waals surface area contributed by atoms with Gasteiger partial charge in [-0.3, -0.25) is 14.9 Å². The molecular weight excluding hydrogens is 256 g/mol. The Morgan fingerprint density at radius 3 is 2.40 bits per heavy atom. The summed E-state index contributed by atoms with van der Waals surface area (Å²) in [6.07, 6.45) is 4.79. The zero-order chi connectivity index (χ0) is 13.9. The van der Waals surface area contributed by atoms with Crippen molar-refractivity contribution in [1.29, 1.82) is 0 Å². The Balaban J connectivity index is 1.71. The Hall–Kier alpha value is -1.91. The molecule has 0 N–H and O–H groups in total. The summed E-state index contributed by atoms with van der Waals surface area (Å²) in [7, 11) is 0. The van der Waals surface area contributed by atoms with E-state index in [2.05, 4.69) is 0 Å². The van der Waals surface area contributed by atoms with Crippen molar-refractivity contribution in [3.05, 3.63) is 39.4 Å². The fraction of sp³-hybridized carbons (Fsp3) is 0.533. The molecule has 0 unspecified atom stereocenters. The first-order valence-corrected chi connectivity index (χ1v) is 7.24. The van der Waals surface area contributed by atoms with E-state index < -0.39 is 4.92 Å². The topological polar surface area (TPSA) is 63.4 Å². The van der Waals surface area contributed by atoms with E-state index in [-0.39, 0.29) is 11.6 Å². The molecule has 5 heteroatoms. The minimum absolute atomic E-state index is 0.0413. The molecule has 2 aliphatic carbocycles. The number of nitro benzene ring substituents is 1. The third kappa shape index (κ3) is 1.72. The molecule has 2 saturated carbocycles. The number of hydrogen-bond acceptors (Lipinski definition) is 3. The molecule has 1 aromatic carbocycles. The zero-order valence-corrected chi connectivity index (χ0v) is 11.1. The van der Waals surface area contributed by atoms with Gasteiger partial charge in [0.1, 0.15) is 5.56 Å². The van der Waals surface area contributed by atoms with Gasteiger partial charge < -0.3 is 4.90 Å². The largest absolute Gasteiger partial charge is 0.331 e. The van der Waals surface area contributed by atoms with Crippen LogP contribution in [0.2, 0.25) is 0 Å². The highest BCUT2D eigenvalue weighted by molar-refractivity contribution is 6.02. The van der Waals surface area contributed by atoms with Crippen LogP contribution in [0.5, 0.6) is 0 Å². The van der Waals surface area contributed by atoms with Crippen LogP contribution in [0.4, 0.5) is 5.69 Å². The second-order valence-electron chi connectivity index (χ2n) is 6.17. The van der Waals surface area contributed by atoms with Gasteiger partial charge in [0.15, 0.2) is 0 Å². The highest BCUT2D eigenvalue weighted by atomic mass is 16.6. The van der Waals surface area contributed by atoms with Crippen LogP contribution in [0.15, 0.2) is 18.2 Å². The molecule has 0 aromatic heterocycles. The zero-order valence-electron chi connectivity index (χ0n) is 11.1. The van der Waals surface area contributed by atoms with E-state index in [1.54, 1.807) is 6.07 Å². The molecular formula is C15H16N2O3. The maximum Gasteiger partial charge on any atom is 0.282 e. The van der Waals surface area contributed by atoms with Crippen LogP contribution in [0, 0.1) is 22.0 Å². The summed E-state index contributed by atoms with van der Waals surface area (Å²) < 4.78 is 0. The average molecular weight is 272 g/mol. The summed E-state index contributed by atoms with van der Waals surface area (Å²) >= 11 is 0. The Labute approximate surface area is 116 Å². The predicted octanol–water partition coefficient (Wildman–Crippen LogP) is 2.74. The lowest BCUT2D eigenvalue weighted by atomic mass is 10.1. The van der Waals surface area contributed by atoms with Crippen LogP contribution in [-0.2, 0) is 6.54 Å². The molecule has 1 aliphatic heterocycles. The van der Waals surface area contributed by atoms with Gasteiger partial charge >= 0.3 is 0 Å². The Morgan fingerprint density at radius 1 is 1.20 bits per heavy atom. The maximum absolute atomic E-state index is 12.6. The van der Waals surface area contributed by atoms with E-state index in [1.165, 1.54) is 31.7 Å². The van der Waals surface area contributed by atoms with Crippen molar-refractivity contribution in [2.24, 2.45) is 11.8 Å². The molecule has 3 aliphatic rings. The van der Waals surface area contributed by atoms with Crippen LogP contribution in [0.25, 0.3) is 0 Å². The fourth-order valence-electron chi connectivity index (χ4n) is 3.53. The van der Waals surface area contributed by atoms with Gasteiger partial charge in [0, 0.05) is 18.7 Å². The Morgan fingerprint density at radius 2 is 1.85 bits per heavy atom.